The van der Waals surface area contributed by atoms with Crippen molar-refractivity contribution in [2.45, 2.75) is 6.42 Å². The summed E-state index contributed by atoms with van der Waals surface area (Å²) in [6, 6.07) is 0. The molecule has 0 aromatic carbocycles. The third kappa shape index (κ3) is 4.23. The van der Waals surface area contributed by atoms with E-state index in [0.29, 0.717) is 14.8 Å². The van der Waals surface area contributed by atoms with Gasteiger partial charge in [-0.1, -0.05) is 30.4 Å². The Hall–Kier alpha value is -2.12. The summed E-state index contributed by atoms with van der Waals surface area (Å²) >= 11 is 0. The van der Waals surface area contributed by atoms with Crippen LogP contribution in [0.15, 0.2) is 64.5 Å². The molecule has 19 heavy (non-hydrogen) atoms. The molecule has 94 valence electrons. The van der Waals surface area contributed by atoms with E-state index in [-0.39, 0.29) is 11.6 Å². The first-order valence-corrected chi connectivity index (χ1v) is 6.73. The largest absolute Gasteiger partial charge is 0.294 e. The molecule has 0 bridgehead atoms. The Morgan fingerprint density at radius 1 is 1.00 bits per heavy atom. The fourth-order valence-corrected chi connectivity index (χ4v) is 2.12. The smallest absolute Gasteiger partial charge is 0.197 e. The Bertz CT molecular complexity index is 602. The summed E-state index contributed by atoms with van der Waals surface area (Å²) < 4.78 is 3.98. The van der Waals surface area contributed by atoms with Crippen molar-refractivity contribution in [1.82, 2.24) is 0 Å². The molecule has 3 nitrogen and oxygen atoms in total. The van der Waals surface area contributed by atoms with Crippen LogP contribution in [-0.4, -0.2) is 23.6 Å². The van der Waals surface area contributed by atoms with Crippen molar-refractivity contribution < 1.29 is 9.59 Å². The van der Waals surface area contributed by atoms with Gasteiger partial charge in [-0.3, -0.25) is 9.59 Å². The quantitative estimate of drug-likeness (QED) is 0.635. The second-order valence-corrected chi connectivity index (χ2v) is 4.71. The van der Waals surface area contributed by atoms with Crippen LogP contribution in [0.1, 0.15) is 6.42 Å². The van der Waals surface area contributed by atoms with Crippen LogP contribution in [0.2, 0.25) is 0 Å². The number of fused-ring (bicyclic) bond motifs is 1. The van der Waals surface area contributed by atoms with Crippen LogP contribution in [0.4, 0.5) is 0 Å². The van der Waals surface area contributed by atoms with Crippen LogP contribution in [0, 0.1) is 0 Å². The lowest BCUT2D eigenvalue weighted by Crippen LogP contribution is -1.96. The van der Waals surface area contributed by atoms with Crippen molar-refractivity contribution in [2.75, 3.05) is 0 Å². The standard InChI is InChI=1S/C15H12NO2P/c17-14-6-1-2-7-15(18)11-16-19-9-8-12-4-3-5-13(12)10-14/h1-9,11H,10H2/b6-1-,7-2-,12-8-,16-11-. The monoisotopic (exact) mass is 269 g/mol. The Balaban J connectivity index is 2.26. The van der Waals surface area contributed by atoms with Gasteiger partial charge in [0.2, 0.25) is 0 Å². The summed E-state index contributed by atoms with van der Waals surface area (Å²) in [5.74, 6) is 1.67. The number of ketones is 2. The molecule has 0 aromatic rings. The maximum atomic E-state index is 11.7. The summed E-state index contributed by atoms with van der Waals surface area (Å²) in [4.78, 5) is 23.0. The number of hydrogen-bond acceptors (Lipinski definition) is 3. The Labute approximate surface area is 113 Å². The fourth-order valence-electron chi connectivity index (χ4n) is 1.64. The van der Waals surface area contributed by atoms with Crippen molar-refractivity contribution in [3.63, 3.8) is 0 Å². The number of rotatable bonds is 0. The normalized spacial score (nSPS) is 28.6. The highest BCUT2D eigenvalue weighted by atomic mass is 31.1. The number of carbonyl (C=O) groups excluding carboxylic acids is 2. The van der Waals surface area contributed by atoms with Crippen LogP contribution in [0.3, 0.4) is 0 Å². The first-order valence-electron chi connectivity index (χ1n) is 5.81. The first kappa shape index (κ1) is 13.3. The summed E-state index contributed by atoms with van der Waals surface area (Å²) in [5.41, 5.74) is 2.02. The molecule has 0 amide bonds. The van der Waals surface area contributed by atoms with Crippen molar-refractivity contribution in [3.8, 4) is 0 Å². The van der Waals surface area contributed by atoms with E-state index in [4.69, 9.17) is 0 Å². The van der Waals surface area contributed by atoms with Gasteiger partial charge in [0.1, 0.15) is 0 Å². The van der Waals surface area contributed by atoms with Gasteiger partial charge in [0, 0.05) is 14.8 Å². The Morgan fingerprint density at radius 3 is 2.74 bits per heavy atom. The van der Waals surface area contributed by atoms with Crippen molar-refractivity contribution in [1.29, 1.82) is 0 Å². The molecule has 0 spiro atoms. The molecule has 0 atom stereocenters. The van der Waals surface area contributed by atoms with E-state index in [1.807, 2.05) is 30.1 Å². The minimum absolute atomic E-state index is 0.0150. The fraction of sp³-hybridized carbons (Fsp3) is 0.0667. The van der Waals surface area contributed by atoms with Gasteiger partial charge < -0.3 is 0 Å². The van der Waals surface area contributed by atoms with Gasteiger partial charge >= 0.3 is 0 Å². The molecule has 1 aliphatic heterocycles. The average Bonchev–Trinajstić information content (AvgIpc) is 2.81. The van der Waals surface area contributed by atoms with Gasteiger partial charge in [-0.25, -0.2) is 4.76 Å². The van der Waals surface area contributed by atoms with Crippen molar-refractivity contribution in [3.05, 3.63) is 59.8 Å². The molecular weight excluding hydrogens is 257 g/mol. The zero-order valence-corrected chi connectivity index (χ0v) is 11.1. The van der Waals surface area contributed by atoms with Gasteiger partial charge in [0.05, 0.1) is 6.21 Å². The highest BCUT2D eigenvalue weighted by Gasteiger charge is 2.09. The molecule has 2 rings (SSSR count). The SMILES string of the molecule is O=C1/C=C\C=C/C(=O)CC2=CC=C/C2=C/C=P\N=C/1. The van der Waals surface area contributed by atoms with Crippen LogP contribution in [0.5, 0.6) is 0 Å². The van der Waals surface area contributed by atoms with Gasteiger partial charge in [-0.15, -0.1) is 0 Å². The predicted octanol–water partition coefficient (Wildman–Crippen LogP) is 2.80. The third-order valence-corrected chi connectivity index (χ3v) is 3.07. The summed E-state index contributed by atoms with van der Waals surface area (Å²) in [7, 11) is 0.696. The lowest BCUT2D eigenvalue weighted by molar-refractivity contribution is -0.114. The summed E-state index contributed by atoms with van der Waals surface area (Å²) in [6.07, 6.45) is 15.4. The topological polar surface area (TPSA) is 46.5 Å². The number of allylic oxidation sites excluding steroid dienone is 10. The van der Waals surface area contributed by atoms with Gasteiger partial charge in [0.25, 0.3) is 0 Å². The highest BCUT2D eigenvalue weighted by Crippen LogP contribution is 2.22. The molecule has 1 heterocycles. The molecule has 0 aromatic heterocycles. The van der Waals surface area contributed by atoms with E-state index in [0.717, 1.165) is 11.1 Å². The van der Waals surface area contributed by atoms with E-state index < -0.39 is 0 Å². The highest BCUT2D eigenvalue weighted by molar-refractivity contribution is 7.37. The van der Waals surface area contributed by atoms with Gasteiger partial charge in [-0.05, 0) is 35.2 Å². The number of nitrogens with zero attached hydrogens (tertiary/aromatic N) is 1. The maximum absolute atomic E-state index is 11.7. The molecule has 0 N–H and O–H groups in total. The molecule has 0 saturated carbocycles. The van der Waals surface area contributed by atoms with Crippen LogP contribution >= 0.6 is 8.35 Å². The second-order valence-electron chi connectivity index (χ2n) is 3.95. The van der Waals surface area contributed by atoms with Crippen LogP contribution in [0.25, 0.3) is 0 Å². The Morgan fingerprint density at radius 2 is 1.84 bits per heavy atom. The minimum atomic E-state index is -0.191. The second kappa shape index (κ2) is 6.72. The maximum Gasteiger partial charge on any atom is 0.197 e. The summed E-state index contributed by atoms with van der Waals surface area (Å²) in [5, 5.41) is 0. The minimum Gasteiger partial charge on any atom is -0.294 e. The Kier molecular flexibility index (Phi) is 4.71. The molecule has 0 fully saturated rings. The average molecular weight is 269 g/mol. The predicted molar refractivity (Wildman–Crippen MR) is 79.7 cm³/mol. The first-order chi connectivity index (χ1) is 9.25. The molecule has 0 saturated heterocycles. The van der Waals surface area contributed by atoms with Gasteiger partial charge in [0.15, 0.2) is 11.6 Å². The van der Waals surface area contributed by atoms with Crippen LogP contribution < -0.4 is 0 Å². The van der Waals surface area contributed by atoms with E-state index in [1.54, 1.807) is 12.2 Å². The van der Waals surface area contributed by atoms with Crippen LogP contribution in [-0.2, 0) is 9.59 Å². The number of hydrogen-bond donors (Lipinski definition) is 0. The summed E-state index contributed by atoms with van der Waals surface area (Å²) in [6.45, 7) is 0. The molecule has 2 aliphatic rings. The van der Waals surface area contributed by atoms with E-state index in [2.05, 4.69) is 4.76 Å². The molecule has 0 unspecified atom stereocenters. The lowest BCUT2D eigenvalue weighted by atomic mass is 10.0. The lowest BCUT2D eigenvalue weighted by Gasteiger charge is -2.01. The molecule has 0 radical (unpaired) electrons. The zero-order chi connectivity index (χ0) is 13.5. The van der Waals surface area contributed by atoms with Gasteiger partial charge in [-0.2, -0.15) is 0 Å². The zero-order valence-electron chi connectivity index (χ0n) is 10.2. The molecule has 1 aliphatic carbocycles. The molecular formula is C15H12NO2P. The van der Waals surface area contributed by atoms with E-state index in [9.17, 15) is 9.59 Å². The van der Waals surface area contributed by atoms with E-state index >= 15 is 0 Å². The molecule has 4 heteroatoms. The van der Waals surface area contributed by atoms with Crippen molar-refractivity contribution in [2.24, 2.45) is 4.76 Å². The number of carbonyl (C=O) groups is 2. The third-order valence-electron chi connectivity index (χ3n) is 2.53. The van der Waals surface area contributed by atoms with E-state index in [1.165, 1.54) is 18.4 Å². The van der Waals surface area contributed by atoms with Crippen molar-refractivity contribution >= 4 is 31.9 Å².